The monoisotopic (exact) mass is 352 g/mol. The van der Waals surface area contributed by atoms with Crippen molar-refractivity contribution in [2.75, 3.05) is 10.5 Å². The van der Waals surface area contributed by atoms with Crippen molar-refractivity contribution < 1.29 is 4.42 Å². The lowest BCUT2D eigenvalue weighted by molar-refractivity contribution is 0.513. The number of para-hydroxylation sites is 4. The SMILES string of the molecule is c1ccc2[nH]c(NSCCCCCc3nc4ccccc4o3)nc2c1. The Hall–Kier alpha value is -2.47. The predicted molar refractivity (Wildman–Crippen MR) is 104 cm³/mol. The van der Waals surface area contributed by atoms with Crippen LogP contribution in [0.1, 0.15) is 25.2 Å². The van der Waals surface area contributed by atoms with Gasteiger partial charge in [-0.2, -0.15) is 0 Å². The number of unbranched alkanes of at least 4 members (excludes halogenated alkanes) is 2. The minimum absolute atomic E-state index is 0.817. The van der Waals surface area contributed by atoms with Crippen LogP contribution < -0.4 is 4.72 Å². The molecule has 0 aliphatic carbocycles. The van der Waals surface area contributed by atoms with Gasteiger partial charge in [0.2, 0.25) is 5.95 Å². The number of fused-ring (bicyclic) bond motifs is 2. The molecule has 6 heteroatoms. The average Bonchev–Trinajstić information content (AvgIpc) is 3.23. The Kier molecular flexibility index (Phi) is 4.88. The van der Waals surface area contributed by atoms with E-state index in [2.05, 4.69) is 19.7 Å². The van der Waals surface area contributed by atoms with E-state index in [-0.39, 0.29) is 0 Å². The van der Waals surface area contributed by atoms with Crippen molar-refractivity contribution in [3.05, 3.63) is 54.4 Å². The number of nitrogens with zero attached hydrogens (tertiary/aromatic N) is 2. The second-order valence-corrected chi connectivity index (χ2v) is 6.84. The number of rotatable bonds is 8. The van der Waals surface area contributed by atoms with Crippen molar-refractivity contribution in [2.24, 2.45) is 0 Å². The molecule has 2 heterocycles. The van der Waals surface area contributed by atoms with Crippen LogP contribution in [0.5, 0.6) is 0 Å². The van der Waals surface area contributed by atoms with Crippen LogP contribution in [-0.4, -0.2) is 20.7 Å². The zero-order valence-electron chi connectivity index (χ0n) is 13.9. The number of hydrogen-bond donors (Lipinski definition) is 2. The molecule has 25 heavy (non-hydrogen) atoms. The number of hydrogen-bond acceptors (Lipinski definition) is 5. The van der Waals surface area contributed by atoms with Crippen LogP contribution in [0, 0.1) is 0 Å². The Bertz CT molecular complexity index is 818. The third-order valence-electron chi connectivity index (χ3n) is 4.03. The van der Waals surface area contributed by atoms with E-state index in [1.165, 1.54) is 0 Å². The molecule has 0 spiro atoms. The van der Waals surface area contributed by atoms with Crippen molar-refractivity contribution in [2.45, 2.75) is 25.7 Å². The summed E-state index contributed by atoms with van der Waals surface area (Å²) in [6.45, 7) is 0. The number of imidazole rings is 1. The van der Waals surface area contributed by atoms with Gasteiger partial charge in [0.15, 0.2) is 11.5 Å². The lowest BCUT2D eigenvalue weighted by Crippen LogP contribution is -1.92. The van der Waals surface area contributed by atoms with Crippen molar-refractivity contribution in [1.29, 1.82) is 0 Å². The van der Waals surface area contributed by atoms with Gasteiger partial charge < -0.3 is 9.40 Å². The van der Waals surface area contributed by atoms with Gasteiger partial charge in [0.05, 0.1) is 11.0 Å². The predicted octanol–water partition coefficient (Wildman–Crippen LogP) is 5.18. The maximum atomic E-state index is 5.74. The van der Waals surface area contributed by atoms with E-state index < -0.39 is 0 Å². The van der Waals surface area contributed by atoms with Crippen LogP contribution in [0.4, 0.5) is 5.95 Å². The highest BCUT2D eigenvalue weighted by molar-refractivity contribution is 8.00. The largest absolute Gasteiger partial charge is 0.441 e. The van der Waals surface area contributed by atoms with Crippen LogP contribution in [0.15, 0.2) is 52.9 Å². The Morgan fingerprint density at radius 1 is 0.920 bits per heavy atom. The summed E-state index contributed by atoms with van der Waals surface area (Å²) in [4.78, 5) is 12.3. The summed E-state index contributed by atoms with van der Waals surface area (Å²) < 4.78 is 9.02. The van der Waals surface area contributed by atoms with Crippen LogP contribution in [0.25, 0.3) is 22.1 Å². The van der Waals surface area contributed by atoms with E-state index >= 15 is 0 Å². The smallest absolute Gasteiger partial charge is 0.211 e. The van der Waals surface area contributed by atoms with Crippen molar-refractivity contribution in [1.82, 2.24) is 15.0 Å². The topological polar surface area (TPSA) is 66.7 Å². The first-order valence-corrected chi connectivity index (χ1v) is 9.54. The molecule has 0 unspecified atom stereocenters. The number of aromatic amines is 1. The van der Waals surface area contributed by atoms with Crippen LogP contribution in [0.2, 0.25) is 0 Å². The zero-order chi connectivity index (χ0) is 16.9. The molecule has 0 radical (unpaired) electrons. The average molecular weight is 352 g/mol. The molecule has 4 aromatic rings. The number of anilines is 1. The number of nitrogens with one attached hydrogen (secondary N) is 2. The van der Waals surface area contributed by atoms with Crippen LogP contribution >= 0.6 is 11.9 Å². The molecule has 128 valence electrons. The molecule has 2 N–H and O–H groups in total. The molecule has 0 saturated heterocycles. The van der Waals surface area contributed by atoms with E-state index in [4.69, 9.17) is 4.42 Å². The molecule has 2 aromatic carbocycles. The molecule has 5 nitrogen and oxygen atoms in total. The number of aromatic nitrogens is 3. The molecule has 4 rings (SSSR count). The number of benzene rings is 2. The van der Waals surface area contributed by atoms with Crippen molar-refractivity contribution in [3.63, 3.8) is 0 Å². The lowest BCUT2D eigenvalue weighted by Gasteiger charge is -2.01. The quantitative estimate of drug-likeness (QED) is 0.338. The van der Waals surface area contributed by atoms with Gasteiger partial charge in [-0.15, -0.1) is 0 Å². The Labute approximate surface area is 150 Å². The molecule has 0 saturated carbocycles. The first-order chi connectivity index (χ1) is 12.4. The number of oxazole rings is 1. The standard InChI is InChI=1S/C19H20N4OS/c1(2-12-18-20-16-10-5-6-11-17(16)24-18)7-13-25-23-19-21-14-8-3-4-9-15(14)22-19/h3-6,8-11H,1-2,7,12-13H2,(H2,21,22,23). The van der Waals surface area contributed by atoms with Gasteiger partial charge in [0.1, 0.15) is 5.52 Å². The highest BCUT2D eigenvalue weighted by atomic mass is 32.2. The number of aryl methyl sites for hydroxylation is 1. The van der Waals surface area contributed by atoms with Gasteiger partial charge in [-0.1, -0.05) is 42.6 Å². The first kappa shape index (κ1) is 16.0. The summed E-state index contributed by atoms with van der Waals surface area (Å²) in [5.41, 5.74) is 3.87. The second-order valence-electron chi connectivity index (χ2n) is 5.94. The molecule has 0 atom stereocenters. The summed E-state index contributed by atoms with van der Waals surface area (Å²) >= 11 is 1.69. The van der Waals surface area contributed by atoms with Crippen LogP contribution in [0.3, 0.4) is 0 Å². The Morgan fingerprint density at radius 2 is 1.76 bits per heavy atom. The van der Waals surface area contributed by atoms with Gasteiger partial charge in [-0.3, -0.25) is 4.72 Å². The minimum Gasteiger partial charge on any atom is -0.441 e. The molecule has 0 bridgehead atoms. The fraction of sp³-hybridized carbons (Fsp3) is 0.263. The van der Waals surface area contributed by atoms with E-state index in [1.54, 1.807) is 11.9 Å². The highest BCUT2D eigenvalue weighted by Gasteiger charge is 2.04. The summed E-state index contributed by atoms with van der Waals surface area (Å²) in [6.07, 6.45) is 4.31. The van der Waals surface area contributed by atoms with E-state index in [0.717, 1.165) is 65.4 Å². The maximum absolute atomic E-state index is 5.74. The molecule has 0 aliphatic rings. The molecule has 0 aliphatic heterocycles. The third kappa shape index (κ3) is 3.96. The van der Waals surface area contributed by atoms with Gasteiger partial charge >= 0.3 is 0 Å². The fourth-order valence-electron chi connectivity index (χ4n) is 2.77. The summed E-state index contributed by atoms with van der Waals surface area (Å²) in [6, 6.07) is 16.0. The number of H-pyrrole nitrogens is 1. The zero-order valence-corrected chi connectivity index (χ0v) is 14.7. The van der Waals surface area contributed by atoms with E-state index in [9.17, 15) is 0 Å². The van der Waals surface area contributed by atoms with Gasteiger partial charge in [-0.25, -0.2) is 9.97 Å². The summed E-state index contributed by atoms with van der Waals surface area (Å²) in [5.74, 6) is 2.71. The minimum atomic E-state index is 0.817. The van der Waals surface area contributed by atoms with Crippen LogP contribution in [-0.2, 0) is 6.42 Å². The summed E-state index contributed by atoms with van der Waals surface area (Å²) in [7, 11) is 0. The molecule has 0 amide bonds. The van der Waals surface area contributed by atoms with E-state index in [1.807, 2.05) is 48.5 Å². The third-order valence-corrected chi connectivity index (χ3v) is 4.86. The fourth-order valence-corrected chi connectivity index (χ4v) is 3.46. The molecular weight excluding hydrogens is 332 g/mol. The maximum Gasteiger partial charge on any atom is 0.211 e. The second kappa shape index (κ2) is 7.61. The highest BCUT2D eigenvalue weighted by Crippen LogP contribution is 2.18. The van der Waals surface area contributed by atoms with Gasteiger partial charge in [0.25, 0.3) is 0 Å². The van der Waals surface area contributed by atoms with Crippen molar-refractivity contribution in [3.8, 4) is 0 Å². The molecular formula is C19H20N4OS. The lowest BCUT2D eigenvalue weighted by atomic mass is 10.2. The van der Waals surface area contributed by atoms with Gasteiger partial charge in [0, 0.05) is 12.2 Å². The Morgan fingerprint density at radius 3 is 2.64 bits per heavy atom. The summed E-state index contributed by atoms with van der Waals surface area (Å²) in [5, 5.41) is 0. The normalized spacial score (nSPS) is 11.4. The van der Waals surface area contributed by atoms with Crippen molar-refractivity contribution >= 4 is 40.0 Å². The molecule has 0 fully saturated rings. The molecule has 2 aromatic heterocycles. The first-order valence-electron chi connectivity index (χ1n) is 8.55. The van der Waals surface area contributed by atoms with E-state index in [0.29, 0.717) is 0 Å². The van der Waals surface area contributed by atoms with Gasteiger partial charge in [-0.05, 0) is 37.1 Å². The Balaban J connectivity index is 1.15.